The summed E-state index contributed by atoms with van der Waals surface area (Å²) in [5.41, 5.74) is -0.964. The van der Waals surface area contributed by atoms with Crippen molar-refractivity contribution in [1.82, 2.24) is 10.2 Å². The van der Waals surface area contributed by atoms with Crippen molar-refractivity contribution < 1.29 is 14.6 Å². The van der Waals surface area contributed by atoms with Crippen LogP contribution in [0.25, 0.3) is 0 Å². The molecule has 2 aliphatic rings. The third kappa shape index (κ3) is 6.25. The van der Waals surface area contributed by atoms with Gasteiger partial charge in [0.1, 0.15) is 5.60 Å². The zero-order valence-electron chi connectivity index (χ0n) is 15.9. The van der Waals surface area contributed by atoms with Gasteiger partial charge in [0.15, 0.2) is 0 Å². The van der Waals surface area contributed by atoms with E-state index in [-0.39, 0.29) is 12.1 Å². The van der Waals surface area contributed by atoms with Gasteiger partial charge >= 0.3 is 6.09 Å². The van der Waals surface area contributed by atoms with Crippen molar-refractivity contribution in [2.75, 3.05) is 19.6 Å². The summed E-state index contributed by atoms with van der Waals surface area (Å²) in [6.45, 7) is 10.5. The van der Waals surface area contributed by atoms with E-state index in [1.807, 2.05) is 20.8 Å². The number of hydrogen-bond acceptors (Lipinski definition) is 4. The summed E-state index contributed by atoms with van der Waals surface area (Å²) in [4.78, 5) is 14.4. The predicted molar refractivity (Wildman–Crippen MR) is 96.0 cm³/mol. The van der Waals surface area contributed by atoms with Crippen LogP contribution in [-0.2, 0) is 4.74 Å². The zero-order chi connectivity index (χ0) is 17.8. The number of rotatable bonds is 4. The fraction of sp³-hybridized carbons (Fsp3) is 0.947. The Morgan fingerprint density at radius 3 is 2.58 bits per heavy atom. The molecule has 1 saturated heterocycles. The standard InChI is InChI=1S/C19H36N2O3/c1-15(20-17(22)24-18(2,3)4)16-9-8-12-21(13-16)14-19(23)10-6-5-7-11-19/h15-16,23H,5-14H2,1-4H3,(H,20,22). The van der Waals surface area contributed by atoms with Crippen LogP contribution in [-0.4, -0.2) is 53.0 Å². The molecule has 2 atom stereocenters. The number of piperidine rings is 1. The van der Waals surface area contributed by atoms with Crippen LogP contribution in [0, 0.1) is 5.92 Å². The number of nitrogens with zero attached hydrogens (tertiary/aromatic N) is 1. The number of likely N-dealkylation sites (tertiary alicyclic amines) is 1. The molecule has 2 fully saturated rings. The van der Waals surface area contributed by atoms with E-state index in [0.717, 1.165) is 58.2 Å². The third-order valence-corrected chi connectivity index (χ3v) is 5.30. The van der Waals surface area contributed by atoms with Crippen molar-refractivity contribution >= 4 is 6.09 Å². The molecule has 0 aromatic carbocycles. The molecule has 0 aromatic heterocycles. The van der Waals surface area contributed by atoms with Gasteiger partial charge in [0.05, 0.1) is 5.60 Å². The van der Waals surface area contributed by atoms with Gasteiger partial charge in [0, 0.05) is 19.1 Å². The minimum absolute atomic E-state index is 0.0867. The molecular formula is C19H36N2O3. The van der Waals surface area contributed by atoms with Crippen LogP contribution in [0.4, 0.5) is 4.79 Å². The Morgan fingerprint density at radius 1 is 1.29 bits per heavy atom. The zero-order valence-corrected chi connectivity index (χ0v) is 15.9. The number of ether oxygens (including phenoxy) is 1. The highest BCUT2D eigenvalue weighted by Crippen LogP contribution is 2.30. The molecule has 1 amide bonds. The number of aliphatic hydroxyl groups is 1. The summed E-state index contributed by atoms with van der Waals surface area (Å²) in [6, 6.07) is 0.0867. The van der Waals surface area contributed by atoms with E-state index in [9.17, 15) is 9.90 Å². The van der Waals surface area contributed by atoms with Crippen molar-refractivity contribution in [1.29, 1.82) is 0 Å². The molecule has 1 aliphatic heterocycles. The molecule has 5 heteroatoms. The van der Waals surface area contributed by atoms with Crippen molar-refractivity contribution in [2.24, 2.45) is 5.92 Å². The molecule has 5 nitrogen and oxygen atoms in total. The van der Waals surface area contributed by atoms with Crippen molar-refractivity contribution in [3.8, 4) is 0 Å². The average molecular weight is 341 g/mol. The smallest absolute Gasteiger partial charge is 0.407 e. The minimum Gasteiger partial charge on any atom is -0.444 e. The van der Waals surface area contributed by atoms with Gasteiger partial charge in [-0.3, -0.25) is 0 Å². The first-order chi connectivity index (χ1) is 11.2. The summed E-state index contributed by atoms with van der Waals surface area (Å²) in [6.07, 6.45) is 7.31. The maximum atomic E-state index is 12.0. The number of amides is 1. The lowest BCUT2D eigenvalue weighted by atomic mass is 9.83. The molecule has 0 spiro atoms. The largest absolute Gasteiger partial charge is 0.444 e. The van der Waals surface area contributed by atoms with Crippen LogP contribution in [0.15, 0.2) is 0 Å². The van der Waals surface area contributed by atoms with Gasteiger partial charge in [0.25, 0.3) is 0 Å². The molecular weight excluding hydrogens is 304 g/mol. The van der Waals surface area contributed by atoms with Gasteiger partial charge in [-0.15, -0.1) is 0 Å². The molecule has 1 saturated carbocycles. The maximum absolute atomic E-state index is 12.0. The molecule has 0 aromatic rings. The first kappa shape index (κ1) is 19.5. The van der Waals surface area contributed by atoms with E-state index in [4.69, 9.17) is 4.74 Å². The lowest BCUT2D eigenvalue weighted by Crippen LogP contribution is -2.51. The molecule has 140 valence electrons. The summed E-state index contributed by atoms with van der Waals surface area (Å²) in [7, 11) is 0. The second kappa shape index (κ2) is 8.05. The maximum Gasteiger partial charge on any atom is 0.407 e. The van der Waals surface area contributed by atoms with Crippen LogP contribution in [0.1, 0.15) is 72.6 Å². The Balaban J connectivity index is 1.82. The molecule has 2 rings (SSSR count). The Morgan fingerprint density at radius 2 is 1.96 bits per heavy atom. The summed E-state index contributed by atoms with van der Waals surface area (Å²) >= 11 is 0. The Bertz CT molecular complexity index is 413. The van der Waals surface area contributed by atoms with Crippen molar-refractivity contribution in [3.05, 3.63) is 0 Å². The van der Waals surface area contributed by atoms with Gasteiger partial charge < -0.3 is 20.1 Å². The Labute approximate surface area is 147 Å². The fourth-order valence-corrected chi connectivity index (χ4v) is 4.04. The van der Waals surface area contributed by atoms with Crippen LogP contribution < -0.4 is 5.32 Å². The number of hydrogen-bond donors (Lipinski definition) is 2. The van der Waals surface area contributed by atoms with Crippen LogP contribution >= 0.6 is 0 Å². The number of alkyl carbamates (subject to hydrolysis) is 1. The second-order valence-corrected chi connectivity index (χ2v) is 8.86. The van der Waals surface area contributed by atoms with Gasteiger partial charge in [-0.2, -0.15) is 0 Å². The number of carbonyl (C=O) groups excluding carboxylic acids is 1. The van der Waals surface area contributed by atoms with E-state index in [1.165, 1.54) is 6.42 Å². The lowest BCUT2D eigenvalue weighted by molar-refractivity contribution is -0.0361. The number of nitrogens with one attached hydrogen (secondary N) is 1. The highest BCUT2D eigenvalue weighted by molar-refractivity contribution is 5.68. The summed E-state index contributed by atoms with van der Waals surface area (Å²) < 4.78 is 5.36. The average Bonchev–Trinajstić information content (AvgIpc) is 2.45. The number of β-amino-alcohol motifs (C(OH)–C–C–N with tert-alkyl or cyclic N) is 1. The third-order valence-electron chi connectivity index (χ3n) is 5.30. The molecule has 0 radical (unpaired) electrons. The highest BCUT2D eigenvalue weighted by atomic mass is 16.6. The van der Waals surface area contributed by atoms with E-state index < -0.39 is 11.2 Å². The Kier molecular flexibility index (Phi) is 6.54. The quantitative estimate of drug-likeness (QED) is 0.824. The molecule has 1 aliphatic carbocycles. The summed E-state index contributed by atoms with van der Waals surface area (Å²) in [5, 5.41) is 13.8. The summed E-state index contributed by atoms with van der Waals surface area (Å²) in [5.74, 6) is 0.415. The van der Waals surface area contributed by atoms with Gasteiger partial charge in [-0.1, -0.05) is 19.3 Å². The van der Waals surface area contributed by atoms with Crippen molar-refractivity contribution in [3.63, 3.8) is 0 Å². The Hall–Kier alpha value is -0.810. The predicted octanol–water partition coefficient (Wildman–Crippen LogP) is 3.31. The molecule has 24 heavy (non-hydrogen) atoms. The highest BCUT2D eigenvalue weighted by Gasteiger charge is 2.34. The first-order valence-electron chi connectivity index (χ1n) is 9.61. The second-order valence-electron chi connectivity index (χ2n) is 8.86. The SMILES string of the molecule is CC(NC(=O)OC(C)(C)C)C1CCCN(CC2(O)CCCCC2)C1. The van der Waals surface area contributed by atoms with E-state index in [0.29, 0.717) is 5.92 Å². The lowest BCUT2D eigenvalue weighted by Gasteiger charge is -2.41. The minimum atomic E-state index is -0.498. The van der Waals surface area contributed by atoms with Crippen LogP contribution in [0.2, 0.25) is 0 Å². The van der Waals surface area contributed by atoms with E-state index in [2.05, 4.69) is 17.1 Å². The van der Waals surface area contributed by atoms with E-state index >= 15 is 0 Å². The molecule has 0 bridgehead atoms. The number of carbonyl (C=O) groups is 1. The molecule has 2 N–H and O–H groups in total. The fourth-order valence-electron chi connectivity index (χ4n) is 4.04. The van der Waals surface area contributed by atoms with Gasteiger partial charge in [-0.05, 0) is 65.8 Å². The van der Waals surface area contributed by atoms with Crippen LogP contribution in [0.3, 0.4) is 0 Å². The monoisotopic (exact) mass is 340 g/mol. The topological polar surface area (TPSA) is 61.8 Å². The molecule has 1 heterocycles. The first-order valence-corrected chi connectivity index (χ1v) is 9.61. The van der Waals surface area contributed by atoms with Crippen molar-refractivity contribution in [2.45, 2.75) is 89.9 Å². The van der Waals surface area contributed by atoms with Crippen LogP contribution in [0.5, 0.6) is 0 Å². The molecule has 2 unspecified atom stereocenters. The van der Waals surface area contributed by atoms with Gasteiger partial charge in [0.2, 0.25) is 0 Å². The normalized spacial score (nSPS) is 26.6. The van der Waals surface area contributed by atoms with Gasteiger partial charge in [-0.25, -0.2) is 4.79 Å². The van der Waals surface area contributed by atoms with E-state index in [1.54, 1.807) is 0 Å².